The van der Waals surface area contributed by atoms with Gasteiger partial charge in [-0.05, 0) is 58.4 Å². The van der Waals surface area contributed by atoms with Gasteiger partial charge in [-0.25, -0.2) is 4.79 Å². The lowest BCUT2D eigenvalue weighted by Crippen LogP contribution is -2.41. The molecule has 0 aromatic carbocycles. The maximum absolute atomic E-state index is 11.8. The second-order valence-corrected chi connectivity index (χ2v) is 7.71. The molecule has 0 heterocycles. The minimum atomic E-state index is -0.419. The highest BCUT2D eigenvalue weighted by Gasteiger charge is 2.24. The monoisotopic (exact) mass is 298 g/mol. The number of rotatable bonds is 5. The summed E-state index contributed by atoms with van der Waals surface area (Å²) in [5.74, 6) is 1.60. The summed E-state index contributed by atoms with van der Waals surface area (Å²) in [5, 5.41) is 3.67. The Hall–Kier alpha value is -0.770. The third-order valence-corrected chi connectivity index (χ3v) is 4.24. The summed E-state index contributed by atoms with van der Waals surface area (Å²) in [4.78, 5) is 13.5. The van der Waals surface area contributed by atoms with Crippen molar-refractivity contribution in [3.8, 4) is 0 Å². The highest BCUT2D eigenvalue weighted by molar-refractivity contribution is 5.67. The van der Waals surface area contributed by atoms with Crippen LogP contribution in [0, 0.1) is 11.8 Å². The van der Waals surface area contributed by atoms with Gasteiger partial charge in [0.15, 0.2) is 0 Å². The first kappa shape index (κ1) is 18.3. The van der Waals surface area contributed by atoms with E-state index in [4.69, 9.17) is 4.74 Å². The number of hydrogen-bond acceptors (Lipinski definition) is 3. The van der Waals surface area contributed by atoms with E-state index in [-0.39, 0.29) is 6.09 Å². The van der Waals surface area contributed by atoms with E-state index in [9.17, 15) is 4.79 Å². The van der Waals surface area contributed by atoms with Crippen molar-refractivity contribution in [3.05, 3.63) is 0 Å². The van der Waals surface area contributed by atoms with Crippen LogP contribution < -0.4 is 5.32 Å². The lowest BCUT2D eigenvalue weighted by Gasteiger charge is -2.33. The Kier molecular flexibility index (Phi) is 6.98. The molecule has 1 aliphatic rings. The molecule has 3 atom stereocenters. The van der Waals surface area contributed by atoms with Crippen molar-refractivity contribution in [3.63, 3.8) is 0 Å². The molecule has 1 amide bonds. The third-order valence-electron chi connectivity index (χ3n) is 4.24. The van der Waals surface area contributed by atoms with Crippen molar-refractivity contribution in [1.29, 1.82) is 0 Å². The zero-order chi connectivity index (χ0) is 16.0. The van der Waals surface area contributed by atoms with Crippen molar-refractivity contribution in [1.82, 2.24) is 10.2 Å². The lowest BCUT2D eigenvalue weighted by atomic mass is 9.80. The van der Waals surface area contributed by atoms with E-state index < -0.39 is 5.60 Å². The molecule has 0 aromatic heterocycles. The van der Waals surface area contributed by atoms with Gasteiger partial charge in [0.25, 0.3) is 0 Å². The van der Waals surface area contributed by atoms with Gasteiger partial charge in [0.05, 0.1) is 0 Å². The van der Waals surface area contributed by atoms with Gasteiger partial charge in [-0.15, -0.1) is 0 Å². The third kappa shape index (κ3) is 7.16. The molecule has 0 spiro atoms. The first-order valence-corrected chi connectivity index (χ1v) is 8.36. The van der Waals surface area contributed by atoms with Crippen LogP contribution in [0.3, 0.4) is 0 Å². The Morgan fingerprint density at radius 1 is 1.29 bits per heavy atom. The first-order chi connectivity index (χ1) is 9.69. The molecule has 4 heteroatoms. The standard InChI is InChI=1S/C17H34N2O2/c1-13-8-9-14(2)15(12-13)18-10-7-11-19(6)16(20)21-17(3,4)5/h13-15,18H,7-12H2,1-6H3. The summed E-state index contributed by atoms with van der Waals surface area (Å²) in [6.45, 7) is 12.1. The Balaban J connectivity index is 2.19. The van der Waals surface area contributed by atoms with Gasteiger partial charge in [-0.2, -0.15) is 0 Å². The summed E-state index contributed by atoms with van der Waals surface area (Å²) in [5.41, 5.74) is -0.419. The number of carbonyl (C=O) groups is 1. The normalized spacial score (nSPS) is 26.5. The predicted octanol–water partition coefficient (Wildman–Crippen LogP) is 3.66. The maximum Gasteiger partial charge on any atom is 0.410 e. The van der Waals surface area contributed by atoms with Crippen LogP contribution in [-0.4, -0.2) is 42.8 Å². The zero-order valence-corrected chi connectivity index (χ0v) is 14.7. The number of hydrogen-bond donors (Lipinski definition) is 1. The van der Waals surface area contributed by atoms with Crippen molar-refractivity contribution in [2.75, 3.05) is 20.1 Å². The SMILES string of the molecule is CC1CCC(C)C(NCCCN(C)C(=O)OC(C)(C)C)C1. The maximum atomic E-state index is 11.8. The molecule has 0 bridgehead atoms. The van der Waals surface area contributed by atoms with Gasteiger partial charge in [0, 0.05) is 19.6 Å². The van der Waals surface area contributed by atoms with Crippen LogP contribution in [0.25, 0.3) is 0 Å². The molecule has 1 saturated carbocycles. The molecule has 1 N–H and O–H groups in total. The molecule has 4 nitrogen and oxygen atoms in total. The van der Waals surface area contributed by atoms with Gasteiger partial charge in [0.2, 0.25) is 0 Å². The van der Waals surface area contributed by atoms with E-state index in [1.165, 1.54) is 19.3 Å². The van der Waals surface area contributed by atoms with Crippen LogP contribution in [0.4, 0.5) is 4.79 Å². The summed E-state index contributed by atoms with van der Waals surface area (Å²) < 4.78 is 5.34. The Bertz CT molecular complexity index is 325. The average Bonchev–Trinajstić information content (AvgIpc) is 2.36. The fourth-order valence-electron chi connectivity index (χ4n) is 2.85. The van der Waals surface area contributed by atoms with E-state index in [1.807, 2.05) is 20.8 Å². The molecule has 0 aliphatic heterocycles. The Morgan fingerprint density at radius 3 is 2.57 bits per heavy atom. The highest BCUT2D eigenvalue weighted by atomic mass is 16.6. The molecule has 0 radical (unpaired) electrons. The molecule has 0 aromatic rings. The molecule has 0 saturated heterocycles. The minimum Gasteiger partial charge on any atom is -0.444 e. The fraction of sp³-hybridized carbons (Fsp3) is 0.941. The van der Waals surface area contributed by atoms with E-state index >= 15 is 0 Å². The number of carbonyl (C=O) groups excluding carboxylic acids is 1. The second kappa shape index (κ2) is 8.02. The number of ether oxygens (including phenoxy) is 1. The van der Waals surface area contributed by atoms with E-state index in [1.54, 1.807) is 11.9 Å². The highest BCUT2D eigenvalue weighted by Crippen LogP contribution is 2.28. The Morgan fingerprint density at radius 2 is 1.95 bits per heavy atom. The number of nitrogens with zero attached hydrogens (tertiary/aromatic N) is 1. The van der Waals surface area contributed by atoms with Crippen molar-refractivity contribution >= 4 is 6.09 Å². The first-order valence-electron chi connectivity index (χ1n) is 8.36. The van der Waals surface area contributed by atoms with Crippen LogP contribution in [0.5, 0.6) is 0 Å². The van der Waals surface area contributed by atoms with Gasteiger partial charge in [0.1, 0.15) is 5.60 Å². The molecule has 21 heavy (non-hydrogen) atoms. The molecular formula is C17H34N2O2. The largest absolute Gasteiger partial charge is 0.444 e. The number of nitrogens with one attached hydrogen (secondary N) is 1. The summed E-state index contributed by atoms with van der Waals surface area (Å²) in [6.07, 6.45) is 4.70. The summed E-state index contributed by atoms with van der Waals surface area (Å²) in [6, 6.07) is 0.639. The minimum absolute atomic E-state index is 0.234. The van der Waals surface area contributed by atoms with Crippen LogP contribution in [0.15, 0.2) is 0 Å². The topological polar surface area (TPSA) is 41.6 Å². The van der Waals surface area contributed by atoms with Crippen LogP contribution >= 0.6 is 0 Å². The molecule has 1 fully saturated rings. The van der Waals surface area contributed by atoms with E-state index in [0.717, 1.165) is 31.3 Å². The molecule has 1 aliphatic carbocycles. The van der Waals surface area contributed by atoms with Gasteiger partial charge in [-0.3, -0.25) is 0 Å². The molecule has 124 valence electrons. The van der Waals surface area contributed by atoms with Gasteiger partial charge >= 0.3 is 6.09 Å². The smallest absolute Gasteiger partial charge is 0.410 e. The van der Waals surface area contributed by atoms with Crippen molar-refractivity contribution < 1.29 is 9.53 Å². The molecule has 3 unspecified atom stereocenters. The average molecular weight is 298 g/mol. The predicted molar refractivity (Wildman–Crippen MR) is 87.5 cm³/mol. The summed E-state index contributed by atoms with van der Waals surface area (Å²) in [7, 11) is 1.80. The quantitative estimate of drug-likeness (QED) is 0.788. The second-order valence-electron chi connectivity index (χ2n) is 7.71. The zero-order valence-electron chi connectivity index (χ0n) is 14.7. The Labute approximate surface area is 130 Å². The molecule has 1 rings (SSSR count). The van der Waals surface area contributed by atoms with Crippen LogP contribution in [0.1, 0.15) is 60.3 Å². The van der Waals surface area contributed by atoms with Gasteiger partial charge < -0.3 is 15.0 Å². The summed E-state index contributed by atoms with van der Waals surface area (Å²) >= 11 is 0. The van der Waals surface area contributed by atoms with Crippen molar-refractivity contribution in [2.24, 2.45) is 11.8 Å². The van der Waals surface area contributed by atoms with Crippen LogP contribution in [-0.2, 0) is 4.74 Å². The lowest BCUT2D eigenvalue weighted by molar-refractivity contribution is 0.0296. The van der Waals surface area contributed by atoms with Crippen molar-refractivity contribution in [2.45, 2.75) is 71.9 Å². The van der Waals surface area contributed by atoms with E-state index in [2.05, 4.69) is 19.2 Å². The van der Waals surface area contributed by atoms with E-state index in [0.29, 0.717) is 6.04 Å². The number of amides is 1. The van der Waals surface area contributed by atoms with Crippen LogP contribution in [0.2, 0.25) is 0 Å². The molecular weight excluding hydrogens is 264 g/mol. The fourth-order valence-corrected chi connectivity index (χ4v) is 2.85. The van der Waals surface area contributed by atoms with Gasteiger partial charge in [-0.1, -0.05) is 20.3 Å².